The van der Waals surface area contributed by atoms with Crippen LogP contribution in [-0.2, 0) is 22.7 Å². The zero-order chi connectivity index (χ0) is 32.7. The van der Waals surface area contributed by atoms with Crippen molar-refractivity contribution >= 4 is 17.8 Å². The summed E-state index contributed by atoms with van der Waals surface area (Å²) in [5, 5.41) is 3.64. The van der Waals surface area contributed by atoms with Crippen LogP contribution in [0.5, 0.6) is 5.75 Å². The van der Waals surface area contributed by atoms with Crippen LogP contribution in [0.2, 0.25) is 0 Å². The lowest BCUT2D eigenvalue weighted by Gasteiger charge is -2.41. The fourth-order valence-electron chi connectivity index (χ4n) is 4.49. The Balaban J connectivity index is 1.79. The molecule has 236 valence electrons. The molecule has 0 spiro atoms. The zero-order valence-electron chi connectivity index (χ0n) is 24.4. The number of halogens is 3. The van der Waals surface area contributed by atoms with Gasteiger partial charge in [-0.1, -0.05) is 42.5 Å². The predicted molar refractivity (Wildman–Crippen MR) is 159 cm³/mol. The van der Waals surface area contributed by atoms with Gasteiger partial charge in [0.05, 0.1) is 6.61 Å². The Morgan fingerprint density at radius 3 is 2.42 bits per heavy atom. The maximum atomic E-state index is 14.2. The molecule has 1 aliphatic heterocycles. The van der Waals surface area contributed by atoms with Crippen molar-refractivity contribution in [2.45, 2.75) is 32.5 Å². The van der Waals surface area contributed by atoms with Gasteiger partial charge in [0.1, 0.15) is 42.8 Å². The number of aromatic nitrogens is 1. The Labute approximate surface area is 256 Å². The Kier molecular flexibility index (Phi) is 10.4. The molecule has 2 aromatic carbocycles. The fourth-order valence-corrected chi connectivity index (χ4v) is 4.49. The van der Waals surface area contributed by atoms with E-state index < -0.39 is 76.7 Å². The molecule has 13 heteroatoms. The molecule has 3 aromatic rings. The number of nitrogens with zero attached hydrogens (tertiary/aromatic N) is 3. The third kappa shape index (κ3) is 7.43. The minimum Gasteiger partial charge on any atom is -0.482 e. The highest BCUT2D eigenvalue weighted by atomic mass is 19.1. The summed E-state index contributed by atoms with van der Waals surface area (Å²) < 4.78 is 54.1. The van der Waals surface area contributed by atoms with E-state index in [2.05, 4.69) is 18.5 Å². The molecule has 0 saturated carbocycles. The molecule has 0 fully saturated rings. The molecule has 1 atom stereocenters. The topological polar surface area (TPSA) is 110 Å². The number of rotatable bonds is 13. The second kappa shape index (κ2) is 14.4. The molecule has 0 radical (unpaired) electrons. The van der Waals surface area contributed by atoms with Crippen LogP contribution in [0, 0.1) is 17.5 Å². The SMILES string of the molecule is C=CCCOC(=O)CN1CN([C@@H](C)C=C)C(=O)c2c(OCc3ccccc3)c(=O)c(C(=O)NCc3c(F)cc(F)cc3F)cn21. The summed E-state index contributed by atoms with van der Waals surface area (Å²) in [6, 6.07) is 9.11. The first-order valence-corrected chi connectivity index (χ1v) is 13.9. The number of nitrogens with one attached hydrogen (secondary N) is 1. The number of ether oxygens (including phenoxy) is 2. The first kappa shape index (κ1) is 32.6. The number of carbonyl (C=O) groups excluding carboxylic acids is 3. The third-order valence-electron chi connectivity index (χ3n) is 6.96. The van der Waals surface area contributed by atoms with Crippen LogP contribution in [0.4, 0.5) is 13.2 Å². The number of carbonyl (C=O) groups is 3. The van der Waals surface area contributed by atoms with Gasteiger partial charge < -0.3 is 19.7 Å². The van der Waals surface area contributed by atoms with Crippen LogP contribution in [0.25, 0.3) is 0 Å². The van der Waals surface area contributed by atoms with E-state index in [9.17, 15) is 32.3 Å². The molecule has 0 saturated heterocycles. The molecule has 4 rings (SSSR count). The number of fused-ring (bicyclic) bond motifs is 1. The largest absolute Gasteiger partial charge is 0.482 e. The smallest absolute Gasteiger partial charge is 0.327 e. The molecule has 0 unspecified atom stereocenters. The van der Waals surface area contributed by atoms with Gasteiger partial charge in [0, 0.05) is 36.5 Å². The summed E-state index contributed by atoms with van der Waals surface area (Å²) in [6.45, 7) is 7.64. The quantitative estimate of drug-likeness (QED) is 0.175. The van der Waals surface area contributed by atoms with Gasteiger partial charge in [-0.25, -0.2) is 13.2 Å². The van der Waals surface area contributed by atoms with E-state index in [4.69, 9.17) is 9.47 Å². The molecule has 10 nitrogen and oxygen atoms in total. The van der Waals surface area contributed by atoms with Crippen molar-refractivity contribution in [3.05, 3.63) is 124 Å². The van der Waals surface area contributed by atoms with Crippen molar-refractivity contribution in [1.82, 2.24) is 14.9 Å². The molecular weight excluding hydrogens is 593 g/mol. The van der Waals surface area contributed by atoms with Gasteiger partial charge in [0.15, 0.2) is 11.4 Å². The lowest BCUT2D eigenvalue weighted by atomic mass is 10.1. The van der Waals surface area contributed by atoms with Crippen LogP contribution in [-0.4, -0.2) is 53.2 Å². The normalized spacial score (nSPS) is 13.1. The predicted octanol–water partition coefficient (Wildman–Crippen LogP) is 3.82. The Hall–Kier alpha value is -5.33. The lowest BCUT2D eigenvalue weighted by Crippen LogP contribution is -2.58. The molecule has 1 aliphatic rings. The number of hydrogen-bond acceptors (Lipinski definition) is 7. The molecule has 45 heavy (non-hydrogen) atoms. The second-order valence-electron chi connectivity index (χ2n) is 10.1. The Morgan fingerprint density at radius 2 is 1.78 bits per heavy atom. The van der Waals surface area contributed by atoms with Gasteiger partial charge in [-0.15, -0.1) is 13.2 Å². The van der Waals surface area contributed by atoms with Gasteiger partial charge in [-0.3, -0.25) is 28.9 Å². The van der Waals surface area contributed by atoms with Gasteiger partial charge in [0.2, 0.25) is 5.43 Å². The highest BCUT2D eigenvalue weighted by molar-refractivity contribution is 5.99. The van der Waals surface area contributed by atoms with E-state index in [0.29, 0.717) is 24.1 Å². The average Bonchev–Trinajstić information content (AvgIpc) is 3.01. The molecule has 0 bridgehead atoms. The third-order valence-corrected chi connectivity index (χ3v) is 6.96. The van der Waals surface area contributed by atoms with E-state index in [1.165, 1.54) is 20.7 Å². The maximum Gasteiger partial charge on any atom is 0.327 e. The summed E-state index contributed by atoms with van der Waals surface area (Å²) in [6.07, 6.45) is 4.53. The highest BCUT2D eigenvalue weighted by Crippen LogP contribution is 2.25. The first-order chi connectivity index (χ1) is 21.5. The Bertz CT molecular complexity index is 1650. The maximum absolute atomic E-state index is 14.2. The van der Waals surface area contributed by atoms with E-state index >= 15 is 0 Å². The molecule has 2 heterocycles. The summed E-state index contributed by atoms with van der Waals surface area (Å²) in [5.41, 5.74) is -1.77. The second-order valence-corrected chi connectivity index (χ2v) is 10.1. The van der Waals surface area contributed by atoms with Gasteiger partial charge in [-0.05, 0) is 18.9 Å². The van der Waals surface area contributed by atoms with Gasteiger partial charge in [-0.2, -0.15) is 0 Å². The van der Waals surface area contributed by atoms with E-state index in [1.807, 2.05) is 0 Å². The number of hydrogen-bond donors (Lipinski definition) is 1. The van der Waals surface area contributed by atoms with Gasteiger partial charge >= 0.3 is 5.97 Å². The summed E-state index contributed by atoms with van der Waals surface area (Å²) in [7, 11) is 0. The van der Waals surface area contributed by atoms with Crippen molar-refractivity contribution in [2.75, 3.05) is 24.8 Å². The summed E-state index contributed by atoms with van der Waals surface area (Å²) in [5.74, 6) is -6.45. The van der Waals surface area contributed by atoms with E-state index in [-0.39, 0.29) is 25.6 Å². The van der Waals surface area contributed by atoms with Crippen LogP contribution in [0.3, 0.4) is 0 Å². The van der Waals surface area contributed by atoms with Crippen LogP contribution in [0.15, 0.2) is 78.8 Å². The minimum absolute atomic E-state index is 0.0640. The number of benzene rings is 2. The summed E-state index contributed by atoms with van der Waals surface area (Å²) in [4.78, 5) is 55.0. The van der Waals surface area contributed by atoms with Crippen molar-refractivity contribution in [3.63, 3.8) is 0 Å². The monoisotopic (exact) mass is 624 g/mol. The average molecular weight is 625 g/mol. The minimum atomic E-state index is -1.23. The number of amides is 2. The van der Waals surface area contributed by atoms with Gasteiger partial charge in [0.25, 0.3) is 11.8 Å². The number of esters is 1. The van der Waals surface area contributed by atoms with Crippen molar-refractivity contribution < 1.29 is 37.0 Å². The van der Waals surface area contributed by atoms with Crippen molar-refractivity contribution in [2.24, 2.45) is 0 Å². The highest BCUT2D eigenvalue weighted by Gasteiger charge is 2.37. The van der Waals surface area contributed by atoms with Crippen LogP contribution in [0.1, 0.15) is 45.3 Å². The first-order valence-electron chi connectivity index (χ1n) is 13.9. The Morgan fingerprint density at radius 1 is 1.09 bits per heavy atom. The zero-order valence-corrected chi connectivity index (χ0v) is 24.4. The molecule has 1 aromatic heterocycles. The standard InChI is InChI=1S/C32H31F3N4O6/c1-4-6-12-44-27(40)17-37-19-38(20(3)5-2)32(43)28-30(45-18-21-10-8-7-9-11-21)29(41)24(16-39(28)37)31(42)36-15-23-25(34)13-22(33)14-26(23)35/h4-5,7-11,13-14,16,20H,1-2,6,12,15,17-19H2,3H3,(H,36,42)/t20-/m0/s1. The van der Waals surface area contributed by atoms with E-state index in [1.54, 1.807) is 43.3 Å². The molecule has 2 amide bonds. The lowest BCUT2D eigenvalue weighted by molar-refractivity contribution is -0.142. The molecule has 1 N–H and O–H groups in total. The number of pyridine rings is 1. The summed E-state index contributed by atoms with van der Waals surface area (Å²) >= 11 is 0. The molecule has 0 aliphatic carbocycles. The van der Waals surface area contributed by atoms with Crippen LogP contribution < -0.4 is 20.5 Å². The van der Waals surface area contributed by atoms with Crippen LogP contribution >= 0.6 is 0 Å². The van der Waals surface area contributed by atoms with Crippen molar-refractivity contribution in [1.29, 1.82) is 0 Å². The fraction of sp³-hybridized carbons (Fsp3) is 0.250. The van der Waals surface area contributed by atoms with E-state index in [0.717, 1.165) is 6.20 Å². The molecular formula is C32H31F3N4O6. The van der Waals surface area contributed by atoms with Crippen molar-refractivity contribution in [3.8, 4) is 5.75 Å².